The van der Waals surface area contributed by atoms with Crippen molar-refractivity contribution in [3.63, 3.8) is 0 Å². The zero-order valence-corrected chi connectivity index (χ0v) is 10.8. The fourth-order valence-electron chi connectivity index (χ4n) is 1.86. The molecule has 0 aliphatic rings. The van der Waals surface area contributed by atoms with Gasteiger partial charge in [-0.15, -0.1) is 0 Å². The molecular formula is C14H15BO4. The van der Waals surface area contributed by atoms with Gasteiger partial charge in [0.2, 0.25) is 0 Å². The number of methoxy groups -OCH3 is 2. The summed E-state index contributed by atoms with van der Waals surface area (Å²) in [6.45, 7) is 0. The predicted octanol–water partition coefficient (Wildman–Crippen LogP) is 1.05. The summed E-state index contributed by atoms with van der Waals surface area (Å²) in [5, 5.41) is 18.1. The molecule has 2 aromatic carbocycles. The molecule has 98 valence electrons. The molecule has 2 N–H and O–H groups in total. The lowest BCUT2D eigenvalue weighted by Gasteiger charge is -2.10. The van der Waals surface area contributed by atoms with Gasteiger partial charge in [0.25, 0.3) is 0 Å². The van der Waals surface area contributed by atoms with Crippen LogP contribution in [-0.2, 0) is 0 Å². The Hall–Kier alpha value is -1.98. The molecule has 0 aromatic heterocycles. The van der Waals surface area contributed by atoms with Crippen LogP contribution in [0.1, 0.15) is 0 Å². The predicted molar refractivity (Wildman–Crippen MR) is 74.8 cm³/mol. The number of hydrogen-bond acceptors (Lipinski definition) is 4. The molecule has 2 rings (SSSR count). The van der Waals surface area contributed by atoms with E-state index in [0.29, 0.717) is 17.0 Å². The van der Waals surface area contributed by atoms with Gasteiger partial charge in [-0.05, 0) is 28.7 Å². The Morgan fingerprint density at radius 3 is 1.89 bits per heavy atom. The van der Waals surface area contributed by atoms with E-state index in [1.165, 1.54) is 0 Å². The third-order valence-corrected chi connectivity index (χ3v) is 2.93. The molecule has 0 saturated carbocycles. The molecule has 0 bridgehead atoms. The topological polar surface area (TPSA) is 58.9 Å². The Labute approximate surface area is 112 Å². The molecule has 19 heavy (non-hydrogen) atoms. The monoisotopic (exact) mass is 258 g/mol. The molecule has 4 nitrogen and oxygen atoms in total. The summed E-state index contributed by atoms with van der Waals surface area (Å²) < 4.78 is 10.4. The van der Waals surface area contributed by atoms with Gasteiger partial charge in [0.05, 0.1) is 14.2 Å². The van der Waals surface area contributed by atoms with Gasteiger partial charge in [-0.1, -0.05) is 30.3 Å². The van der Waals surface area contributed by atoms with Gasteiger partial charge in [-0.25, -0.2) is 0 Å². The summed E-state index contributed by atoms with van der Waals surface area (Å²) in [7, 11) is 1.74. The summed E-state index contributed by atoms with van der Waals surface area (Å²) >= 11 is 0. The Balaban J connectivity index is 2.36. The highest BCUT2D eigenvalue weighted by molar-refractivity contribution is 6.58. The van der Waals surface area contributed by atoms with Gasteiger partial charge < -0.3 is 19.5 Å². The second kappa shape index (κ2) is 5.78. The van der Waals surface area contributed by atoms with Crippen LogP contribution in [0.2, 0.25) is 0 Å². The van der Waals surface area contributed by atoms with Crippen molar-refractivity contribution in [2.24, 2.45) is 0 Å². The standard InChI is InChI=1S/C14H15BO4/c1-18-13-8-5-11(9-14(13)19-2)10-3-6-12(7-4-10)15(16)17/h3-9,16-17H,1-2H3. The summed E-state index contributed by atoms with van der Waals surface area (Å²) in [6, 6.07) is 12.7. The smallest absolute Gasteiger partial charge is 0.488 e. The molecule has 2 aromatic rings. The van der Waals surface area contributed by atoms with Gasteiger partial charge in [0.15, 0.2) is 11.5 Å². The van der Waals surface area contributed by atoms with Crippen LogP contribution in [0.4, 0.5) is 0 Å². The normalized spacial score (nSPS) is 10.1. The SMILES string of the molecule is COc1ccc(-c2ccc(B(O)O)cc2)cc1OC. The zero-order chi connectivity index (χ0) is 13.8. The largest absolute Gasteiger partial charge is 0.493 e. The van der Waals surface area contributed by atoms with E-state index in [-0.39, 0.29) is 0 Å². The molecule has 0 atom stereocenters. The van der Waals surface area contributed by atoms with Crippen molar-refractivity contribution in [3.05, 3.63) is 42.5 Å². The summed E-state index contributed by atoms with van der Waals surface area (Å²) in [5.74, 6) is 1.33. The van der Waals surface area contributed by atoms with Gasteiger partial charge in [-0.3, -0.25) is 0 Å². The zero-order valence-electron chi connectivity index (χ0n) is 10.8. The van der Waals surface area contributed by atoms with E-state index in [2.05, 4.69) is 0 Å². The lowest BCUT2D eigenvalue weighted by atomic mass is 9.80. The van der Waals surface area contributed by atoms with Gasteiger partial charge in [0, 0.05) is 0 Å². The Kier molecular flexibility index (Phi) is 4.09. The van der Waals surface area contributed by atoms with Crippen molar-refractivity contribution in [1.29, 1.82) is 0 Å². The van der Waals surface area contributed by atoms with E-state index in [4.69, 9.17) is 19.5 Å². The van der Waals surface area contributed by atoms with Crippen LogP contribution in [0, 0.1) is 0 Å². The molecular weight excluding hydrogens is 243 g/mol. The van der Waals surface area contributed by atoms with Crippen LogP contribution < -0.4 is 14.9 Å². The lowest BCUT2D eigenvalue weighted by molar-refractivity contribution is 0.355. The van der Waals surface area contributed by atoms with Gasteiger partial charge in [0.1, 0.15) is 0 Å². The average molecular weight is 258 g/mol. The maximum Gasteiger partial charge on any atom is 0.488 e. The third-order valence-electron chi connectivity index (χ3n) is 2.93. The molecule has 0 radical (unpaired) electrons. The van der Waals surface area contributed by atoms with Crippen molar-refractivity contribution in [2.75, 3.05) is 14.2 Å². The number of benzene rings is 2. The molecule has 0 fully saturated rings. The van der Waals surface area contributed by atoms with Crippen LogP contribution in [0.5, 0.6) is 11.5 Å². The van der Waals surface area contributed by atoms with Crippen LogP contribution in [0.25, 0.3) is 11.1 Å². The highest BCUT2D eigenvalue weighted by atomic mass is 16.5. The van der Waals surface area contributed by atoms with Crippen LogP contribution in [0.3, 0.4) is 0 Å². The molecule has 0 heterocycles. The Morgan fingerprint density at radius 1 is 0.789 bits per heavy atom. The second-order valence-electron chi connectivity index (χ2n) is 4.07. The van der Waals surface area contributed by atoms with E-state index in [1.807, 2.05) is 30.3 Å². The molecule has 0 aliphatic carbocycles. The van der Waals surface area contributed by atoms with E-state index in [0.717, 1.165) is 11.1 Å². The quantitative estimate of drug-likeness (QED) is 0.805. The highest BCUT2D eigenvalue weighted by Crippen LogP contribution is 2.31. The van der Waals surface area contributed by atoms with E-state index >= 15 is 0 Å². The van der Waals surface area contributed by atoms with Crippen LogP contribution in [-0.4, -0.2) is 31.4 Å². The third kappa shape index (κ3) is 2.89. The van der Waals surface area contributed by atoms with Crippen molar-refractivity contribution >= 4 is 12.6 Å². The molecule has 0 aliphatic heterocycles. The number of ether oxygens (including phenoxy) is 2. The van der Waals surface area contributed by atoms with Gasteiger partial charge in [-0.2, -0.15) is 0 Å². The summed E-state index contributed by atoms with van der Waals surface area (Å²) in [4.78, 5) is 0. The first-order valence-electron chi connectivity index (χ1n) is 5.84. The minimum atomic E-state index is -1.44. The number of hydrogen-bond donors (Lipinski definition) is 2. The Bertz CT molecular complexity index is 552. The molecule has 0 saturated heterocycles. The molecule has 0 spiro atoms. The van der Waals surface area contributed by atoms with E-state index in [9.17, 15) is 0 Å². The second-order valence-corrected chi connectivity index (χ2v) is 4.07. The minimum Gasteiger partial charge on any atom is -0.493 e. The van der Waals surface area contributed by atoms with Crippen LogP contribution >= 0.6 is 0 Å². The molecule has 0 amide bonds. The first-order valence-corrected chi connectivity index (χ1v) is 5.84. The van der Waals surface area contributed by atoms with Crippen molar-refractivity contribution in [2.45, 2.75) is 0 Å². The van der Waals surface area contributed by atoms with Crippen LogP contribution in [0.15, 0.2) is 42.5 Å². The highest BCUT2D eigenvalue weighted by Gasteiger charge is 2.11. The van der Waals surface area contributed by atoms with E-state index < -0.39 is 7.12 Å². The molecule has 0 unspecified atom stereocenters. The van der Waals surface area contributed by atoms with Crippen molar-refractivity contribution in [3.8, 4) is 22.6 Å². The Morgan fingerprint density at radius 2 is 1.37 bits per heavy atom. The van der Waals surface area contributed by atoms with E-state index in [1.54, 1.807) is 26.4 Å². The maximum absolute atomic E-state index is 9.05. The lowest BCUT2D eigenvalue weighted by Crippen LogP contribution is -2.29. The average Bonchev–Trinajstić information content (AvgIpc) is 2.46. The van der Waals surface area contributed by atoms with Crippen molar-refractivity contribution < 1.29 is 19.5 Å². The minimum absolute atomic E-state index is 0.462. The number of rotatable bonds is 4. The summed E-state index contributed by atoms with van der Waals surface area (Å²) in [6.07, 6.45) is 0. The molecule has 5 heteroatoms. The maximum atomic E-state index is 9.05. The first kappa shape index (κ1) is 13.5. The fourth-order valence-corrected chi connectivity index (χ4v) is 1.86. The summed E-state index contributed by atoms with van der Waals surface area (Å²) in [5.41, 5.74) is 2.39. The van der Waals surface area contributed by atoms with Gasteiger partial charge >= 0.3 is 7.12 Å². The fraction of sp³-hybridized carbons (Fsp3) is 0.143. The first-order chi connectivity index (χ1) is 9.15. The van der Waals surface area contributed by atoms with Crippen molar-refractivity contribution in [1.82, 2.24) is 0 Å².